The van der Waals surface area contributed by atoms with E-state index in [2.05, 4.69) is 46.1 Å². The molecule has 2 nitrogen and oxygen atoms in total. The zero-order valence-electron chi connectivity index (χ0n) is 12.4. The van der Waals surface area contributed by atoms with Crippen LogP contribution in [0.5, 0.6) is 0 Å². The van der Waals surface area contributed by atoms with Gasteiger partial charge >= 0.3 is 0 Å². The van der Waals surface area contributed by atoms with Gasteiger partial charge in [-0.15, -0.1) is 0 Å². The Morgan fingerprint density at radius 2 is 1.85 bits per heavy atom. The van der Waals surface area contributed by atoms with Gasteiger partial charge in [0.05, 0.1) is 4.47 Å². The van der Waals surface area contributed by atoms with Crippen molar-refractivity contribution in [1.82, 2.24) is 4.98 Å². The van der Waals surface area contributed by atoms with E-state index in [0.717, 1.165) is 16.2 Å². The molecule has 4 aliphatic rings. The normalized spacial score (nSPS) is 45.6. The quantitative estimate of drug-likeness (QED) is 0.822. The SMILES string of the molecule is CC12CC3CC(C)(C1)CC(Nc1ncccc1Br)(C3)C2. The van der Waals surface area contributed by atoms with Gasteiger partial charge in [0.15, 0.2) is 0 Å². The molecule has 4 saturated carbocycles. The maximum atomic E-state index is 4.54. The van der Waals surface area contributed by atoms with E-state index in [1.165, 1.54) is 38.5 Å². The monoisotopic (exact) mass is 334 g/mol. The first kappa shape index (κ1) is 13.1. The van der Waals surface area contributed by atoms with Crippen LogP contribution < -0.4 is 5.32 Å². The number of nitrogens with one attached hydrogen (secondary N) is 1. The van der Waals surface area contributed by atoms with E-state index in [1.54, 1.807) is 0 Å². The Labute approximate surface area is 129 Å². The van der Waals surface area contributed by atoms with Crippen molar-refractivity contribution < 1.29 is 0 Å². The van der Waals surface area contributed by atoms with Crippen LogP contribution in [0.1, 0.15) is 52.4 Å². The number of halogens is 1. The summed E-state index contributed by atoms with van der Waals surface area (Å²) in [6.45, 7) is 5.03. The topological polar surface area (TPSA) is 24.9 Å². The molecule has 0 amide bonds. The lowest BCUT2D eigenvalue weighted by atomic mass is 9.43. The molecule has 4 aliphatic carbocycles. The van der Waals surface area contributed by atoms with Crippen LogP contribution in [-0.2, 0) is 0 Å². The van der Waals surface area contributed by atoms with Gasteiger partial charge in [0.2, 0.25) is 0 Å². The Bertz CT molecular complexity index is 538. The highest BCUT2D eigenvalue weighted by molar-refractivity contribution is 9.10. The minimum Gasteiger partial charge on any atom is -0.364 e. The largest absolute Gasteiger partial charge is 0.364 e. The van der Waals surface area contributed by atoms with E-state index in [9.17, 15) is 0 Å². The predicted octanol–water partition coefficient (Wildman–Crippen LogP) is 5.01. The van der Waals surface area contributed by atoms with Crippen LogP contribution in [0.2, 0.25) is 0 Å². The molecule has 108 valence electrons. The van der Waals surface area contributed by atoms with Crippen LogP contribution in [0, 0.1) is 16.7 Å². The summed E-state index contributed by atoms with van der Waals surface area (Å²) in [5.41, 5.74) is 1.37. The molecule has 0 spiro atoms. The van der Waals surface area contributed by atoms with Gasteiger partial charge in [-0.2, -0.15) is 0 Å². The maximum Gasteiger partial charge on any atom is 0.140 e. The molecule has 0 radical (unpaired) electrons. The number of hydrogen-bond donors (Lipinski definition) is 1. The molecule has 0 aliphatic heterocycles. The number of hydrogen-bond acceptors (Lipinski definition) is 2. The molecule has 1 heterocycles. The van der Waals surface area contributed by atoms with E-state index in [0.29, 0.717) is 10.8 Å². The third kappa shape index (κ3) is 2.01. The highest BCUT2D eigenvalue weighted by atomic mass is 79.9. The van der Waals surface area contributed by atoms with Gasteiger partial charge in [-0.3, -0.25) is 0 Å². The zero-order chi connectivity index (χ0) is 14.0. The Morgan fingerprint density at radius 3 is 2.45 bits per heavy atom. The van der Waals surface area contributed by atoms with Crippen molar-refractivity contribution >= 4 is 21.7 Å². The molecule has 4 bridgehead atoms. The van der Waals surface area contributed by atoms with Crippen molar-refractivity contribution in [1.29, 1.82) is 0 Å². The average Bonchev–Trinajstić information content (AvgIpc) is 2.27. The molecule has 1 aromatic rings. The summed E-state index contributed by atoms with van der Waals surface area (Å²) in [4.78, 5) is 4.54. The van der Waals surface area contributed by atoms with Crippen LogP contribution in [0.25, 0.3) is 0 Å². The summed E-state index contributed by atoms with van der Waals surface area (Å²) in [5, 5.41) is 3.85. The van der Waals surface area contributed by atoms with Crippen molar-refractivity contribution in [3.05, 3.63) is 22.8 Å². The molecular formula is C17H23BrN2. The lowest BCUT2D eigenvalue weighted by molar-refractivity contribution is -0.0974. The highest BCUT2D eigenvalue weighted by Crippen LogP contribution is 2.66. The van der Waals surface area contributed by atoms with E-state index >= 15 is 0 Å². The smallest absolute Gasteiger partial charge is 0.140 e. The van der Waals surface area contributed by atoms with Crippen molar-refractivity contribution in [2.24, 2.45) is 16.7 Å². The Kier molecular flexibility index (Phi) is 2.62. The lowest BCUT2D eigenvalue weighted by Crippen LogP contribution is -2.61. The molecule has 1 aromatic heterocycles. The number of nitrogens with zero attached hydrogens (tertiary/aromatic N) is 1. The van der Waals surface area contributed by atoms with Gasteiger partial charge in [0.1, 0.15) is 5.82 Å². The first-order chi connectivity index (χ1) is 9.40. The average molecular weight is 335 g/mol. The summed E-state index contributed by atoms with van der Waals surface area (Å²) in [6.07, 6.45) is 10.1. The summed E-state index contributed by atoms with van der Waals surface area (Å²) in [7, 11) is 0. The highest BCUT2D eigenvalue weighted by Gasteiger charge is 2.60. The Balaban J connectivity index is 1.69. The van der Waals surface area contributed by atoms with E-state index in [4.69, 9.17) is 0 Å². The fourth-order valence-corrected chi connectivity index (χ4v) is 6.67. The number of anilines is 1. The first-order valence-corrected chi connectivity index (χ1v) is 8.58. The molecule has 2 atom stereocenters. The van der Waals surface area contributed by atoms with Crippen molar-refractivity contribution in [3.8, 4) is 0 Å². The molecule has 5 rings (SSSR count). The van der Waals surface area contributed by atoms with Gasteiger partial charge in [-0.25, -0.2) is 4.98 Å². The predicted molar refractivity (Wildman–Crippen MR) is 85.7 cm³/mol. The van der Waals surface area contributed by atoms with Crippen LogP contribution in [0.3, 0.4) is 0 Å². The van der Waals surface area contributed by atoms with E-state index in [1.807, 2.05) is 12.3 Å². The molecule has 3 heteroatoms. The third-order valence-electron chi connectivity index (χ3n) is 5.77. The molecule has 1 N–H and O–H groups in total. The molecule has 4 fully saturated rings. The van der Waals surface area contributed by atoms with Crippen molar-refractivity contribution in [2.45, 2.75) is 57.9 Å². The standard InChI is InChI=1S/C17H23BrN2/c1-15-6-12-7-16(2,9-15)11-17(8-12,10-15)20-14-13(18)4-3-5-19-14/h3-5,12H,6-11H2,1-2H3,(H,19,20). The maximum absolute atomic E-state index is 4.54. The number of aromatic nitrogens is 1. The minimum absolute atomic E-state index is 0.278. The summed E-state index contributed by atoms with van der Waals surface area (Å²) in [6, 6.07) is 4.07. The molecule has 20 heavy (non-hydrogen) atoms. The fourth-order valence-electron chi connectivity index (χ4n) is 6.32. The van der Waals surface area contributed by atoms with Crippen molar-refractivity contribution in [2.75, 3.05) is 5.32 Å². The van der Waals surface area contributed by atoms with Gasteiger partial charge in [0.25, 0.3) is 0 Å². The second-order valence-electron chi connectivity index (χ2n) is 8.37. The minimum atomic E-state index is 0.278. The van der Waals surface area contributed by atoms with Crippen LogP contribution >= 0.6 is 15.9 Å². The Morgan fingerprint density at radius 1 is 1.15 bits per heavy atom. The molecular weight excluding hydrogens is 312 g/mol. The van der Waals surface area contributed by atoms with Gasteiger partial charge in [-0.05, 0) is 83.3 Å². The van der Waals surface area contributed by atoms with Crippen LogP contribution in [0.4, 0.5) is 5.82 Å². The van der Waals surface area contributed by atoms with Crippen LogP contribution in [-0.4, -0.2) is 10.5 Å². The second-order valence-corrected chi connectivity index (χ2v) is 9.22. The van der Waals surface area contributed by atoms with E-state index in [-0.39, 0.29) is 5.54 Å². The van der Waals surface area contributed by atoms with Crippen LogP contribution in [0.15, 0.2) is 22.8 Å². The molecule has 2 unspecified atom stereocenters. The second kappa shape index (κ2) is 4.00. The summed E-state index contributed by atoms with van der Waals surface area (Å²) < 4.78 is 1.09. The Hall–Kier alpha value is -0.570. The summed E-state index contributed by atoms with van der Waals surface area (Å²) >= 11 is 3.64. The number of rotatable bonds is 2. The van der Waals surface area contributed by atoms with Gasteiger partial charge < -0.3 is 5.32 Å². The van der Waals surface area contributed by atoms with E-state index < -0.39 is 0 Å². The fraction of sp³-hybridized carbons (Fsp3) is 0.706. The summed E-state index contributed by atoms with van der Waals surface area (Å²) in [5.74, 6) is 1.94. The van der Waals surface area contributed by atoms with Crippen molar-refractivity contribution in [3.63, 3.8) is 0 Å². The third-order valence-corrected chi connectivity index (χ3v) is 6.41. The number of pyridine rings is 1. The first-order valence-electron chi connectivity index (χ1n) is 7.78. The molecule has 0 saturated heterocycles. The lowest BCUT2D eigenvalue weighted by Gasteiger charge is -2.65. The zero-order valence-corrected chi connectivity index (χ0v) is 14.0. The van der Waals surface area contributed by atoms with Gasteiger partial charge in [0, 0.05) is 11.7 Å². The van der Waals surface area contributed by atoms with Gasteiger partial charge in [-0.1, -0.05) is 13.8 Å². The molecule has 0 aromatic carbocycles.